The van der Waals surface area contributed by atoms with Crippen LogP contribution in [0.4, 0.5) is 4.79 Å². The molecule has 10 nitrogen and oxygen atoms in total. The van der Waals surface area contributed by atoms with Crippen molar-refractivity contribution < 1.29 is 28.9 Å². The molecular formula is C25H30N4O6S. The number of rotatable bonds is 11. The number of methoxy groups -OCH3 is 1. The van der Waals surface area contributed by atoms with Gasteiger partial charge in [0.25, 0.3) is 0 Å². The Kier molecular flexibility index (Phi) is 9.60. The van der Waals surface area contributed by atoms with E-state index < -0.39 is 24.3 Å². The molecule has 0 saturated carbocycles. The first kappa shape index (κ1) is 26.9. The van der Waals surface area contributed by atoms with E-state index in [9.17, 15) is 14.7 Å². The van der Waals surface area contributed by atoms with Gasteiger partial charge in [-0.15, -0.1) is 11.8 Å². The molecule has 4 N–H and O–H groups in total. The molecule has 2 atom stereocenters. The molecule has 0 fully saturated rings. The van der Waals surface area contributed by atoms with Crippen LogP contribution in [0.5, 0.6) is 11.5 Å². The van der Waals surface area contributed by atoms with Crippen LogP contribution >= 0.6 is 11.8 Å². The van der Waals surface area contributed by atoms with Crippen LogP contribution in [0.25, 0.3) is 0 Å². The maximum absolute atomic E-state index is 12.4. The largest absolute Gasteiger partial charge is 0.490 e. The molecule has 1 heterocycles. The second kappa shape index (κ2) is 12.8. The Morgan fingerprint density at radius 1 is 1.22 bits per heavy atom. The fraction of sp³-hybridized carbons (Fsp3) is 0.320. The Hall–Kier alpha value is -3.70. The van der Waals surface area contributed by atoms with Crippen LogP contribution < -0.4 is 25.5 Å². The number of ether oxygens (including phenoxy) is 3. The smallest absolute Gasteiger partial charge is 0.337 e. The maximum atomic E-state index is 12.4. The molecule has 0 aromatic heterocycles. The summed E-state index contributed by atoms with van der Waals surface area (Å²) in [7, 11) is 1.28. The Bertz CT molecular complexity index is 1140. The third-order valence-corrected chi connectivity index (χ3v) is 5.97. The topological polar surface area (TPSA) is 131 Å². The molecular weight excluding hydrogens is 484 g/mol. The predicted octanol–water partition coefficient (Wildman–Crippen LogP) is 2.93. The van der Waals surface area contributed by atoms with Gasteiger partial charge in [-0.1, -0.05) is 18.2 Å². The molecule has 0 bridgehead atoms. The van der Waals surface area contributed by atoms with Gasteiger partial charge in [-0.25, -0.2) is 9.59 Å². The monoisotopic (exact) mass is 514 g/mol. The van der Waals surface area contributed by atoms with E-state index in [0.717, 1.165) is 10.5 Å². The number of thioether (sulfide) groups is 1. The molecule has 0 radical (unpaired) electrons. The lowest BCUT2D eigenvalue weighted by Gasteiger charge is -2.28. The van der Waals surface area contributed by atoms with Crippen molar-refractivity contribution in [2.24, 2.45) is 5.10 Å². The molecule has 11 heteroatoms. The number of aliphatic hydroxyl groups excluding tert-OH is 1. The van der Waals surface area contributed by atoms with Crippen molar-refractivity contribution >= 4 is 30.0 Å². The quantitative estimate of drug-likeness (QED) is 0.118. The second-order valence-corrected chi connectivity index (χ2v) is 8.57. The summed E-state index contributed by atoms with van der Waals surface area (Å²) >= 11 is 1.66. The summed E-state index contributed by atoms with van der Waals surface area (Å²) in [5.41, 5.74) is 4.81. The van der Waals surface area contributed by atoms with Gasteiger partial charge >= 0.3 is 12.0 Å². The first-order valence-electron chi connectivity index (χ1n) is 11.2. The summed E-state index contributed by atoms with van der Waals surface area (Å²) < 4.78 is 16.4. The van der Waals surface area contributed by atoms with E-state index in [2.05, 4.69) is 21.2 Å². The van der Waals surface area contributed by atoms with Crippen LogP contribution in [0.15, 0.2) is 63.7 Å². The summed E-state index contributed by atoms with van der Waals surface area (Å²) in [4.78, 5) is 25.6. The Morgan fingerprint density at radius 3 is 2.64 bits per heavy atom. The van der Waals surface area contributed by atoms with Crippen molar-refractivity contribution in [1.82, 2.24) is 16.1 Å². The van der Waals surface area contributed by atoms with Gasteiger partial charge in [0.2, 0.25) is 0 Å². The molecule has 2 amide bonds. The summed E-state index contributed by atoms with van der Waals surface area (Å²) in [5, 5.41) is 19.6. The highest BCUT2D eigenvalue weighted by atomic mass is 32.2. The van der Waals surface area contributed by atoms with Gasteiger partial charge in [0.05, 0.1) is 31.5 Å². The van der Waals surface area contributed by atoms with Crippen LogP contribution in [0.2, 0.25) is 0 Å². The highest BCUT2D eigenvalue weighted by Gasteiger charge is 2.32. The minimum absolute atomic E-state index is 0.0985. The molecule has 2 aromatic carbocycles. The van der Waals surface area contributed by atoms with E-state index >= 15 is 0 Å². The lowest BCUT2D eigenvalue weighted by Crippen LogP contribution is -2.45. The number of nitrogens with one attached hydrogen (secondary N) is 3. The van der Waals surface area contributed by atoms with Gasteiger partial charge in [-0.2, -0.15) is 5.10 Å². The van der Waals surface area contributed by atoms with Crippen molar-refractivity contribution in [2.75, 3.05) is 26.6 Å². The summed E-state index contributed by atoms with van der Waals surface area (Å²) in [5.74, 6) is 0.228. The molecule has 0 unspecified atom stereocenters. The molecule has 0 saturated heterocycles. The summed E-state index contributed by atoms with van der Waals surface area (Å²) in [6.07, 6.45) is 2.55. The van der Waals surface area contributed by atoms with Crippen molar-refractivity contribution in [3.05, 3.63) is 64.9 Å². The standard InChI is InChI=1S/C25H30N4O6S/c1-5-34-20-12-17(23-22(24(31)33-3)15(2)27-25(32)28-23)8-11-19(20)35-14-21(30)29-26-13-16-6-9-18(36-4)10-7-16/h6-13,21,23,29-30H,5,14H2,1-4H3,(H2,27,28,32)/b26-13-/t21-,23-/m0/s1. The van der Waals surface area contributed by atoms with E-state index in [0.29, 0.717) is 29.4 Å². The Labute approximate surface area is 214 Å². The van der Waals surface area contributed by atoms with Gasteiger partial charge in [-0.05, 0) is 55.5 Å². The fourth-order valence-electron chi connectivity index (χ4n) is 3.51. The first-order chi connectivity index (χ1) is 17.4. The molecule has 192 valence electrons. The first-order valence-corrected chi connectivity index (χ1v) is 12.5. The number of urea groups is 1. The van der Waals surface area contributed by atoms with Crippen LogP contribution in [-0.2, 0) is 9.53 Å². The van der Waals surface area contributed by atoms with Gasteiger partial charge in [0, 0.05) is 10.6 Å². The number of carbonyl (C=O) groups is 2. The zero-order chi connectivity index (χ0) is 26.1. The molecule has 2 aromatic rings. The highest BCUT2D eigenvalue weighted by molar-refractivity contribution is 7.98. The van der Waals surface area contributed by atoms with E-state index in [4.69, 9.17) is 14.2 Å². The number of hydrazone groups is 1. The number of amides is 2. The molecule has 3 rings (SSSR count). The second-order valence-electron chi connectivity index (χ2n) is 7.69. The molecule has 0 spiro atoms. The third-order valence-electron chi connectivity index (χ3n) is 5.23. The Balaban J connectivity index is 1.69. The number of hydrogen-bond acceptors (Lipinski definition) is 9. The van der Waals surface area contributed by atoms with Gasteiger partial charge in [0.15, 0.2) is 17.7 Å². The summed E-state index contributed by atoms with van der Waals surface area (Å²) in [6, 6.07) is 11.7. The number of esters is 1. The minimum Gasteiger partial charge on any atom is -0.490 e. The lowest BCUT2D eigenvalue weighted by molar-refractivity contribution is -0.136. The van der Waals surface area contributed by atoms with Crippen molar-refractivity contribution in [1.29, 1.82) is 0 Å². The van der Waals surface area contributed by atoms with Crippen molar-refractivity contribution in [3.63, 3.8) is 0 Å². The predicted molar refractivity (Wildman–Crippen MR) is 137 cm³/mol. The molecule has 36 heavy (non-hydrogen) atoms. The van der Waals surface area contributed by atoms with Crippen LogP contribution in [0, 0.1) is 0 Å². The van der Waals surface area contributed by atoms with Crippen LogP contribution in [-0.4, -0.2) is 56.1 Å². The van der Waals surface area contributed by atoms with Gasteiger partial charge in [0.1, 0.15) is 6.61 Å². The van der Waals surface area contributed by atoms with Crippen molar-refractivity contribution in [2.45, 2.75) is 31.0 Å². The lowest BCUT2D eigenvalue weighted by atomic mass is 9.95. The normalized spacial score (nSPS) is 16.2. The number of hydrogen-bond donors (Lipinski definition) is 4. The van der Waals surface area contributed by atoms with E-state index in [1.54, 1.807) is 43.1 Å². The third kappa shape index (κ3) is 6.92. The van der Waals surface area contributed by atoms with Gasteiger partial charge in [-0.3, -0.25) is 5.43 Å². The zero-order valence-corrected chi connectivity index (χ0v) is 21.3. The van der Waals surface area contributed by atoms with E-state index in [-0.39, 0.29) is 12.2 Å². The van der Waals surface area contributed by atoms with Gasteiger partial charge < -0.3 is 30.0 Å². The highest BCUT2D eigenvalue weighted by Crippen LogP contribution is 2.34. The van der Waals surface area contributed by atoms with Crippen molar-refractivity contribution in [3.8, 4) is 11.5 Å². The average Bonchev–Trinajstić information content (AvgIpc) is 2.87. The van der Waals surface area contributed by atoms with Crippen LogP contribution in [0.3, 0.4) is 0 Å². The minimum atomic E-state index is -1.07. The SMILES string of the molecule is CCOc1cc([C@@H]2NC(=O)NC(C)=C2C(=O)OC)ccc1OC[C@H](O)N/N=C\c1ccc(SC)cc1. The molecule has 1 aliphatic heterocycles. The summed E-state index contributed by atoms with van der Waals surface area (Å²) in [6.45, 7) is 3.72. The number of aliphatic hydroxyl groups is 1. The number of benzene rings is 2. The van der Waals surface area contributed by atoms with E-state index in [1.807, 2.05) is 37.4 Å². The number of nitrogens with zero attached hydrogens (tertiary/aromatic N) is 1. The Morgan fingerprint density at radius 2 is 1.97 bits per heavy atom. The zero-order valence-electron chi connectivity index (χ0n) is 20.5. The molecule has 0 aliphatic carbocycles. The molecule has 1 aliphatic rings. The van der Waals surface area contributed by atoms with Crippen LogP contribution in [0.1, 0.15) is 31.0 Å². The fourth-order valence-corrected chi connectivity index (χ4v) is 3.92. The maximum Gasteiger partial charge on any atom is 0.337 e. The van der Waals surface area contributed by atoms with E-state index in [1.165, 1.54) is 7.11 Å². The average molecular weight is 515 g/mol. The number of allylic oxidation sites excluding steroid dienone is 1. The number of carbonyl (C=O) groups excluding carboxylic acids is 2.